The van der Waals surface area contributed by atoms with Crippen molar-refractivity contribution in [3.8, 4) is 11.5 Å². The van der Waals surface area contributed by atoms with Crippen molar-refractivity contribution in [2.24, 2.45) is 0 Å². The van der Waals surface area contributed by atoms with Gasteiger partial charge in [0, 0.05) is 17.0 Å². The number of benzene rings is 1. The van der Waals surface area contributed by atoms with Gasteiger partial charge in [-0.3, -0.25) is 0 Å². The number of aromatic nitrogens is 1. The fourth-order valence-electron chi connectivity index (χ4n) is 1.84. The molecule has 0 fully saturated rings. The highest BCUT2D eigenvalue weighted by Gasteiger charge is 2.11. The Hall–Kier alpha value is -1.59. The predicted molar refractivity (Wildman–Crippen MR) is 79.5 cm³/mol. The molecule has 20 heavy (non-hydrogen) atoms. The standard InChI is InChI=1S/C15H19NO3S/c1-4-15-16-11(9-20-15)8-19-14-7-12(18-3)5-6-13(14)10(2)17/h5-7,9-10,17H,4,8H2,1-3H3/t10-/m1/s1. The Kier molecular flexibility index (Phi) is 4.98. The van der Waals surface area contributed by atoms with E-state index in [0.717, 1.165) is 22.7 Å². The average Bonchev–Trinajstić information content (AvgIpc) is 2.92. The highest BCUT2D eigenvalue weighted by molar-refractivity contribution is 7.09. The molecule has 0 aliphatic heterocycles. The highest BCUT2D eigenvalue weighted by atomic mass is 32.1. The van der Waals surface area contributed by atoms with Gasteiger partial charge in [-0.1, -0.05) is 6.92 Å². The second kappa shape index (κ2) is 6.72. The van der Waals surface area contributed by atoms with E-state index in [1.54, 1.807) is 31.4 Å². The van der Waals surface area contributed by atoms with Crippen molar-refractivity contribution < 1.29 is 14.6 Å². The lowest BCUT2D eigenvalue weighted by atomic mass is 10.1. The van der Waals surface area contributed by atoms with Crippen LogP contribution in [0.4, 0.5) is 0 Å². The number of aryl methyl sites for hydroxylation is 1. The van der Waals surface area contributed by atoms with Crippen LogP contribution in [0.2, 0.25) is 0 Å². The molecule has 0 unspecified atom stereocenters. The molecule has 5 heteroatoms. The van der Waals surface area contributed by atoms with E-state index in [2.05, 4.69) is 11.9 Å². The second-order valence-corrected chi connectivity index (χ2v) is 5.40. The summed E-state index contributed by atoms with van der Waals surface area (Å²) in [6.45, 7) is 4.19. The zero-order chi connectivity index (χ0) is 14.5. The van der Waals surface area contributed by atoms with Gasteiger partial charge in [-0.15, -0.1) is 11.3 Å². The molecule has 1 N–H and O–H groups in total. The largest absolute Gasteiger partial charge is 0.497 e. The molecule has 0 bridgehead atoms. The summed E-state index contributed by atoms with van der Waals surface area (Å²) in [6, 6.07) is 5.42. The molecule has 0 saturated heterocycles. The van der Waals surface area contributed by atoms with Crippen LogP contribution in [0.3, 0.4) is 0 Å². The molecule has 0 saturated carbocycles. The van der Waals surface area contributed by atoms with E-state index < -0.39 is 6.10 Å². The quantitative estimate of drug-likeness (QED) is 0.887. The summed E-state index contributed by atoms with van der Waals surface area (Å²) in [7, 11) is 1.61. The Morgan fingerprint density at radius 1 is 1.40 bits per heavy atom. The van der Waals surface area contributed by atoms with Crippen molar-refractivity contribution in [2.45, 2.75) is 33.0 Å². The molecule has 0 aliphatic rings. The third kappa shape index (κ3) is 3.49. The zero-order valence-electron chi connectivity index (χ0n) is 11.9. The van der Waals surface area contributed by atoms with Crippen LogP contribution < -0.4 is 9.47 Å². The minimum atomic E-state index is -0.586. The Morgan fingerprint density at radius 2 is 2.20 bits per heavy atom. The first-order chi connectivity index (χ1) is 9.63. The summed E-state index contributed by atoms with van der Waals surface area (Å²) in [6.07, 6.45) is 0.348. The van der Waals surface area contributed by atoms with Gasteiger partial charge in [0.2, 0.25) is 0 Å². The number of aliphatic hydroxyl groups is 1. The summed E-state index contributed by atoms with van der Waals surface area (Å²) in [5.41, 5.74) is 1.66. The third-order valence-corrected chi connectivity index (χ3v) is 3.99. The number of hydrogen-bond donors (Lipinski definition) is 1. The van der Waals surface area contributed by atoms with Gasteiger partial charge in [-0.05, 0) is 25.5 Å². The third-order valence-electron chi connectivity index (χ3n) is 2.95. The Bertz CT molecular complexity index is 566. The first-order valence-corrected chi connectivity index (χ1v) is 7.44. The number of aliphatic hydroxyl groups excluding tert-OH is 1. The van der Waals surface area contributed by atoms with Gasteiger partial charge < -0.3 is 14.6 Å². The molecule has 1 heterocycles. The molecule has 0 spiro atoms. The summed E-state index contributed by atoms with van der Waals surface area (Å²) < 4.78 is 11.0. The van der Waals surface area contributed by atoms with Crippen LogP contribution in [-0.4, -0.2) is 17.2 Å². The van der Waals surface area contributed by atoms with Crippen LogP contribution in [0, 0.1) is 0 Å². The second-order valence-electron chi connectivity index (χ2n) is 4.45. The minimum Gasteiger partial charge on any atom is -0.497 e. The van der Waals surface area contributed by atoms with Crippen molar-refractivity contribution in [1.82, 2.24) is 4.98 Å². The smallest absolute Gasteiger partial charge is 0.131 e. The van der Waals surface area contributed by atoms with Crippen LogP contribution >= 0.6 is 11.3 Å². The Morgan fingerprint density at radius 3 is 2.80 bits per heavy atom. The molecule has 2 aromatic rings. The van der Waals surface area contributed by atoms with E-state index in [9.17, 15) is 5.11 Å². The molecule has 1 atom stereocenters. The van der Waals surface area contributed by atoms with Gasteiger partial charge in [-0.2, -0.15) is 0 Å². The first kappa shape index (κ1) is 14.8. The Labute approximate surface area is 123 Å². The van der Waals surface area contributed by atoms with Gasteiger partial charge in [0.1, 0.15) is 18.1 Å². The van der Waals surface area contributed by atoms with Crippen LogP contribution in [0.25, 0.3) is 0 Å². The molecule has 1 aromatic carbocycles. The van der Waals surface area contributed by atoms with Crippen molar-refractivity contribution in [1.29, 1.82) is 0 Å². The lowest BCUT2D eigenvalue weighted by molar-refractivity contribution is 0.189. The molecule has 2 rings (SSSR count). The number of thiazole rings is 1. The maximum atomic E-state index is 9.77. The predicted octanol–water partition coefficient (Wildman–Crippen LogP) is 3.35. The summed E-state index contributed by atoms with van der Waals surface area (Å²) in [5.74, 6) is 1.34. The van der Waals surface area contributed by atoms with Crippen molar-refractivity contribution >= 4 is 11.3 Å². The molecule has 108 valence electrons. The van der Waals surface area contributed by atoms with E-state index in [1.807, 2.05) is 17.5 Å². The van der Waals surface area contributed by atoms with Crippen molar-refractivity contribution in [3.05, 3.63) is 39.8 Å². The van der Waals surface area contributed by atoms with Gasteiger partial charge in [0.05, 0.1) is 23.9 Å². The van der Waals surface area contributed by atoms with E-state index in [1.165, 1.54) is 0 Å². The van der Waals surface area contributed by atoms with Crippen LogP contribution in [-0.2, 0) is 13.0 Å². The Balaban J connectivity index is 2.14. The van der Waals surface area contributed by atoms with Gasteiger partial charge >= 0.3 is 0 Å². The van der Waals surface area contributed by atoms with E-state index in [-0.39, 0.29) is 0 Å². The molecule has 0 aliphatic carbocycles. The summed E-state index contributed by atoms with van der Waals surface area (Å²) >= 11 is 1.64. The number of methoxy groups -OCH3 is 1. The van der Waals surface area contributed by atoms with Gasteiger partial charge in [-0.25, -0.2) is 4.98 Å². The van der Waals surface area contributed by atoms with E-state index >= 15 is 0 Å². The minimum absolute atomic E-state index is 0.392. The fourth-order valence-corrected chi connectivity index (χ4v) is 2.57. The van der Waals surface area contributed by atoms with Crippen molar-refractivity contribution in [3.63, 3.8) is 0 Å². The molecule has 0 amide bonds. The fraction of sp³-hybridized carbons (Fsp3) is 0.400. The van der Waals surface area contributed by atoms with Crippen LogP contribution in [0.5, 0.6) is 11.5 Å². The van der Waals surface area contributed by atoms with Gasteiger partial charge in [0.25, 0.3) is 0 Å². The summed E-state index contributed by atoms with van der Waals surface area (Å²) in [4.78, 5) is 4.46. The average molecular weight is 293 g/mol. The molecule has 1 aromatic heterocycles. The maximum absolute atomic E-state index is 9.77. The molecular weight excluding hydrogens is 274 g/mol. The van der Waals surface area contributed by atoms with Gasteiger partial charge in [0.15, 0.2) is 0 Å². The monoisotopic (exact) mass is 293 g/mol. The maximum Gasteiger partial charge on any atom is 0.131 e. The van der Waals surface area contributed by atoms with Crippen LogP contribution in [0.1, 0.15) is 36.2 Å². The molecule has 4 nitrogen and oxygen atoms in total. The summed E-state index contributed by atoms with van der Waals surface area (Å²) in [5, 5.41) is 12.9. The highest BCUT2D eigenvalue weighted by Crippen LogP contribution is 2.30. The zero-order valence-corrected chi connectivity index (χ0v) is 12.7. The van der Waals surface area contributed by atoms with Crippen molar-refractivity contribution in [2.75, 3.05) is 7.11 Å². The number of hydrogen-bond acceptors (Lipinski definition) is 5. The normalized spacial score (nSPS) is 12.2. The molecular formula is C15H19NO3S. The number of ether oxygens (including phenoxy) is 2. The topological polar surface area (TPSA) is 51.6 Å². The van der Waals surface area contributed by atoms with Crippen LogP contribution in [0.15, 0.2) is 23.6 Å². The lowest BCUT2D eigenvalue weighted by Crippen LogP contribution is -2.02. The first-order valence-electron chi connectivity index (χ1n) is 6.56. The SMILES string of the molecule is CCc1nc(COc2cc(OC)ccc2[C@@H](C)O)cs1. The number of rotatable bonds is 6. The number of nitrogens with zero attached hydrogens (tertiary/aromatic N) is 1. The van der Waals surface area contributed by atoms with E-state index in [4.69, 9.17) is 9.47 Å². The lowest BCUT2D eigenvalue weighted by Gasteiger charge is -2.14. The molecule has 0 radical (unpaired) electrons. The van der Waals surface area contributed by atoms with E-state index in [0.29, 0.717) is 18.1 Å².